The van der Waals surface area contributed by atoms with Gasteiger partial charge >= 0.3 is 12.1 Å². The third kappa shape index (κ3) is 5.25. The van der Waals surface area contributed by atoms with Crippen LogP contribution in [0.1, 0.15) is 39.5 Å². The number of rotatable bonds is 9. The molecule has 0 spiro atoms. The lowest BCUT2D eigenvalue weighted by Gasteiger charge is -2.23. The number of hydrogen-bond acceptors (Lipinski definition) is 8. The van der Waals surface area contributed by atoms with Crippen molar-refractivity contribution in [1.29, 1.82) is 0 Å². The molecule has 1 unspecified atom stereocenters. The van der Waals surface area contributed by atoms with E-state index < -0.39 is 29.2 Å². The van der Waals surface area contributed by atoms with E-state index in [1.54, 1.807) is 0 Å². The molecule has 0 aliphatic heterocycles. The van der Waals surface area contributed by atoms with Crippen LogP contribution in [0.3, 0.4) is 0 Å². The monoisotopic (exact) mass is 536 g/mol. The zero-order valence-electron chi connectivity index (χ0n) is 19.8. The maximum absolute atomic E-state index is 13.4. The summed E-state index contributed by atoms with van der Waals surface area (Å²) in [6.45, 7) is 0.128. The second kappa shape index (κ2) is 10.0. The van der Waals surface area contributed by atoms with Crippen LogP contribution in [0.2, 0.25) is 0 Å². The Morgan fingerprint density at radius 2 is 1.78 bits per heavy atom. The Hall–Kier alpha value is -3.64. The van der Waals surface area contributed by atoms with E-state index in [9.17, 15) is 27.9 Å². The molecule has 1 atom stereocenters. The van der Waals surface area contributed by atoms with Crippen molar-refractivity contribution < 1.29 is 42.1 Å². The van der Waals surface area contributed by atoms with Gasteiger partial charge in [0.2, 0.25) is 5.60 Å². The number of nitrogens with two attached hydrogens (primary N) is 1. The van der Waals surface area contributed by atoms with Gasteiger partial charge in [-0.3, -0.25) is 4.79 Å². The van der Waals surface area contributed by atoms with Gasteiger partial charge in [0.05, 0.1) is 31.3 Å². The average Bonchev–Trinajstić information content (AvgIpc) is 3.60. The summed E-state index contributed by atoms with van der Waals surface area (Å²) in [7, 11) is 2.76. The second-order valence-electron chi connectivity index (χ2n) is 8.46. The summed E-state index contributed by atoms with van der Waals surface area (Å²) in [6.07, 6.45) is -2.84. The standard InChI is InChI=1S/C25H23F3N2O6S/c1-34-17-9-8-15(11-18(17)35-2)24(33,22(29)32)23-30-19(21(31)36-12-13-6-7-13)20(37-23)14-4-3-5-16(10-14)25(26,27)28/h3-5,8-11,13,33H,6-7,12H2,1-2H3,(H2,29,32). The molecule has 1 amide bonds. The van der Waals surface area contributed by atoms with E-state index in [1.165, 1.54) is 44.6 Å². The second-order valence-corrected chi connectivity index (χ2v) is 9.46. The summed E-state index contributed by atoms with van der Waals surface area (Å²) in [6, 6.07) is 8.42. The minimum atomic E-state index is -4.64. The molecule has 1 aromatic heterocycles. The van der Waals surface area contributed by atoms with Crippen molar-refractivity contribution in [2.45, 2.75) is 24.6 Å². The number of alkyl halides is 3. The summed E-state index contributed by atoms with van der Waals surface area (Å²) in [5.41, 5.74) is 1.75. The lowest BCUT2D eigenvalue weighted by Crippen LogP contribution is -2.42. The van der Waals surface area contributed by atoms with Gasteiger partial charge in [-0.1, -0.05) is 18.2 Å². The average molecular weight is 537 g/mol. The number of esters is 1. The minimum absolute atomic E-state index is 0.0103. The van der Waals surface area contributed by atoms with Crippen molar-refractivity contribution in [2.75, 3.05) is 20.8 Å². The molecule has 0 radical (unpaired) electrons. The Balaban J connectivity index is 1.87. The van der Waals surface area contributed by atoms with E-state index in [-0.39, 0.29) is 45.0 Å². The third-order valence-electron chi connectivity index (χ3n) is 5.89. The Kier molecular flexibility index (Phi) is 7.16. The molecule has 4 rings (SSSR count). The summed E-state index contributed by atoms with van der Waals surface area (Å²) < 4.78 is 55.9. The number of amides is 1. The van der Waals surface area contributed by atoms with Gasteiger partial charge in [0.15, 0.2) is 17.2 Å². The number of halogens is 3. The van der Waals surface area contributed by atoms with Gasteiger partial charge in [0.25, 0.3) is 5.91 Å². The predicted molar refractivity (Wildman–Crippen MR) is 127 cm³/mol. The van der Waals surface area contributed by atoms with Crippen LogP contribution in [0, 0.1) is 5.92 Å². The van der Waals surface area contributed by atoms with Crippen LogP contribution < -0.4 is 15.2 Å². The highest BCUT2D eigenvalue weighted by Crippen LogP contribution is 2.42. The number of hydrogen-bond donors (Lipinski definition) is 2. The van der Waals surface area contributed by atoms with Crippen molar-refractivity contribution in [1.82, 2.24) is 4.98 Å². The lowest BCUT2D eigenvalue weighted by atomic mass is 9.93. The number of methoxy groups -OCH3 is 2. The zero-order valence-corrected chi connectivity index (χ0v) is 20.6. The molecular weight excluding hydrogens is 513 g/mol. The largest absolute Gasteiger partial charge is 0.493 e. The van der Waals surface area contributed by atoms with Crippen LogP contribution >= 0.6 is 11.3 Å². The number of nitrogens with zero attached hydrogens (tertiary/aromatic N) is 1. The fourth-order valence-electron chi connectivity index (χ4n) is 3.62. The first kappa shape index (κ1) is 26.4. The number of carbonyl (C=O) groups is 2. The van der Waals surface area contributed by atoms with Crippen LogP contribution in [0.15, 0.2) is 42.5 Å². The summed E-state index contributed by atoms with van der Waals surface area (Å²) >= 11 is 0.661. The maximum atomic E-state index is 13.4. The maximum Gasteiger partial charge on any atom is 0.416 e. The molecular formula is C25H23F3N2O6S. The van der Waals surface area contributed by atoms with Crippen molar-refractivity contribution in [3.63, 3.8) is 0 Å². The Morgan fingerprint density at radius 3 is 2.38 bits per heavy atom. The van der Waals surface area contributed by atoms with Gasteiger partial charge < -0.3 is 25.1 Å². The zero-order chi connectivity index (χ0) is 27.0. The Labute approximate surface area is 213 Å². The molecule has 1 saturated carbocycles. The molecule has 0 saturated heterocycles. The molecule has 8 nitrogen and oxygen atoms in total. The molecule has 1 fully saturated rings. The van der Waals surface area contributed by atoms with Crippen molar-refractivity contribution in [2.24, 2.45) is 11.7 Å². The van der Waals surface area contributed by atoms with E-state index in [0.717, 1.165) is 25.0 Å². The molecule has 3 N–H and O–H groups in total. The Bertz CT molecular complexity index is 1340. The summed E-state index contributed by atoms with van der Waals surface area (Å²) in [5.74, 6) is -1.40. The van der Waals surface area contributed by atoms with Gasteiger partial charge in [-0.2, -0.15) is 13.2 Å². The molecule has 12 heteroatoms. The number of benzene rings is 2. The fraction of sp³-hybridized carbons (Fsp3) is 0.320. The molecule has 37 heavy (non-hydrogen) atoms. The van der Waals surface area contributed by atoms with Crippen LogP contribution in [0.5, 0.6) is 11.5 Å². The number of ether oxygens (including phenoxy) is 3. The predicted octanol–water partition coefficient (Wildman–Crippen LogP) is 4.13. The summed E-state index contributed by atoms with van der Waals surface area (Å²) in [5, 5.41) is 11.2. The van der Waals surface area contributed by atoms with Gasteiger partial charge in [0.1, 0.15) is 5.01 Å². The first-order valence-corrected chi connectivity index (χ1v) is 11.9. The number of aromatic nitrogens is 1. The smallest absolute Gasteiger partial charge is 0.416 e. The first-order valence-electron chi connectivity index (χ1n) is 11.1. The van der Waals surface area contributed by atoms with Crippen LogP contribution in [0.4, 0.5) is 13.2 Å². The first-order chi connectivity index (χ1) is 17.5. The highest BCUT2D eigenvalue weighted by atomic mass is 32.1. The van der Waals surface area contributed by atoms with E-state index in [1.807, 2.05) is 0 Å². The van der Waals surface area contributed by atoms with Crippen molar-refractivity contribution in [3.05, 3.63) is 64.3 Å². The lowest BCUT2D eigenvalue weighted by molar-refractivity contribution is -0.137. The van der Waals surface area contributed by atoms with Crippen LogP contribution in [-0.4, -0.2) is 42.8 Å². The van der Waals surface area contributed by atoms with E-state index in [4.69, 9.17) is 19.9 Å². The molecule has 1 heterocycles. The topological polar surface area (TPSA) is 121 Å². The SMILES string of the molecule is COc1ccc(C(O)(C(N)=O)c2nc(C(=O)OCC3CC3)c(-c3cccc(C(F)(F)F)c3)s2)cc1OC. The molecule has 0 bridgehead atoms. The highest BCUT2D eigenvalue weighted by molar-refractivity contribution is 7.15. The Morgan fingerprint density at radius 1 is 1.08 bits per heavy atom. The van der Waals surface area contributed by atoms with Gasteiger partial charge in [-0.15, -0.1) is 11.3 Å². The number of aliphatic hydroxyl groups is 1. The third-order valence-corrected chi connectivity index (χ3v) is 7.10. The van der Waals surface area contributed by atoms with Crippen LogP contribution in [0.25, 0.3) is 10.4 Å². The van der Waals surface area contributed by atoms with E-state index in [0.29, 0.717) is 17.1 Å². The van der Waals surface area contributed by atoms with Gasteiger partial charge in [0, 0.05) is 5.56 Å². The molecule has 1 aliphatic rings. The van der Waals surface area contributed by atoms with Crippen molar-refractivity contribution >= 4 is 23.2 Å². The summed E-state index contributed by atoms with van der Waals surface area (Å²) in [4.78, 5) is 29.7. The van der Waals surface area contributed by atoms with Gasteiger partial charge in [-0.25, -0.2) is 9.78 Å². The fourth-order valence-corrected chi connectivity index (χ4v) is 4.79. The van der Waals surface area contributed by atoms with Crippen LogP contribution in [-0.2, 0) is 21.3 Å². The van der Waals surface area contributed by atoms with Gasteiger partial charge in [-0.05, 0) is 48.6 Å². The number of thiazole rings is 1. The number of carbonyl (C=O) groups excluding carboxylic acids is 2. The quantitative estimate of drug-likeness (QED) is 0.395. The molecule has 3 aromatic rings. The molecule has 196 valence electrons. The van der Waals surface area contributed by atoms with E-state index in [2.05, 4.69) is 4.98 Å². The number of primary amides is 1. The minimum Gasteiger partial charge on any atom is -0.493 e. The molecule has 2 aromatic carbocycles. The normalized spacial score (nSPS) is 15.1. The molecule has 1 aliphatic carbocycles. The van der Waals surface area contributed by atoms with E-state index >= 15 is 0 Å². The highest BCUT2D eigenvalue weighted by Gasteiger charge is 2.44. The van der Waals surface area contributed by atoms with Crippen molar-refractivity contribution in [3.8, 4) is 21.9 Å².